The molecule has 0 aliphatic heterocycles. The summed E-state index contributed by atoms with van der Waals surface area (Å²) in [7, 11) is 0. The van der Waals surface area contributed by atoms with E-state index in [2.05, 4.69) is 0 Å². The van der Waals surface area contributed by atoms with Crippen molar-refractivity contribution in [1.29, 1.82) is 0 Å². The van der Waals surface area contributed by atoms with Gasteiger partial charge in [-0.15, -0.1) is 11.3 Å². The lowest BCUT2D eigenvalue weighted by molar-refractivity contribution is 0.367. The van der Waals surface area contributed by atoms with E-state index in [0.717, 1.165) is 4.88 Å². The van der Waals surface area contributed by atoms with Crippen molar-refractivity contribution in [2.75, 3.05) is 0 Å². The van der Waals surface area contributed by atoms with Gasteiger partial charge >= 0.3 is 0 Å². The minimum Gasteiger partial charge on any atom is -0.320 e. The van der Waals surface area contributed by atoms with Gasteiger partial charge in [0.2, 0.25) is 5.82 Å². The second kappa shape index (κ2) is 5.14. The molecule has 0 aliphatic carbocycles. The quantitative estimate of drug-likeness (QED) is 0.504. The Bertz CT molecular complexity index is 651. The molecule has 0 radical (unpaired) electrons. The van der Waals surface area contributed by atoms with Crippen LogP contribution in [0.5, 0.6) is 0 Å². The van der Waals surface area contributed by atoms with E-state index in [1.807, 2.05) is 0 Å². The Hall–Kier alpha value is -1.47. The zero-order valence-corrected chi connectivity index (χ0v) is 11.3. The summed E-state index contributed by atoms with van der Waals surface area (Å²) in [5, 5.41) is 0. The van der Waals surface area contributed by atoms with Gasteiger partial charge in [0.25, 0.3) is 0 Å². The lowest BCUT2D eigenvalue weighted by atomic mass is 9.98. The number of halogens is 5. The number of hydrogen-bond donors (Lipinski definition) is 1. The van der Waals surface area contributed by atoms with Crippen LogP contribution in [0.25, 0.3) is 0 Å². The maximum atomic E-state index is 13.7. The molecule has 20 heavy (non-hydrogen) atoms. The Morgan fingerprint density at radius 3 is 1.75 bits per heavy atom. The largest absolute Gasteiger partial charge is 0.320 e. The van der Waals surface area contributed by atoms with Crippen molar-refractivity contribution in [3.05, 3.63) is 56.0 Å². The van der Waals surface area contributed by atoms with Crippen LogP contribution in [0.2, 0.25) is 0 Å². The number of rotatable bonds is 2. The molecule has 0 saturated carbocycles. The Morgan fingerprint density at radius 1 is 0.900 bits per heavy atom. The molecule has 1 aromatic heterocycles. The highest BCUT2D eigenvalue weighted by atomic mass is 32.1. The zero-order valence-electron chi connectivity index (χ0n) is 10.5. The molecule has 2 rings (SSSR count). The Balaban J connectivity index is 2.67. The van der Waals surface area contributed by atoms with Crippen molar-refractivity contribution < 1.29 is 22.0 Å². The number of benzene rings is 1. The fourth-order valence-electron chi connectivity index (χ4n) is 2.01. The SMILES string of the molecule is Cc1cc(C(N)c2c(F)c(F)c(F)c(F)c2F)c(C)s1. The molecule has 1 nitrogen and oxygen atoms in total. The first-order valence-corrected chi connectivity index (χ1v) is 6.41. The van der Waals surface area contributed by atoms with Gasteiger partial charge in [-0.3, -0.25) is 0 Å². The number of hydrogen-bond acceptors (Lipinski definition) is 2. The molecule has 1 unspecified atom stereocenters. The first kappa shape index (κ1) is 14.9. The van der Waals surface area contributed by atoms with Crippen molar-refractivity contribution >= 4 is 11.3 Å². The molecule has 0 aliphatic rings. The van der Waals surface area contributed by atoms with E-state index in [9.17, 15) is 22.0 Å². The third kappa shape index (κ3) is 2.20. The average Bonchev–Trinajstić information content (AvgIpc) is 2.73. The van der Waals surface area contributed by atoms with Crippen molar-refractivity contribution in [2.45, 2.75) is 19.9 Å². The predicted octanol–water partition coefficient (Wildman–Crippen LogP) is 4.11. The summed E-state index contributed by atoms with van der Waals surface area (Å²) in [5.41, 5.74) is 5.02. The maximum absolute atomic E-state index is 13.7. The van der Waals surface area contributed by atoms with E-state index in [1.54, 1.807) is 19.9 Å². The molecule has 2 aromatic rings. The summed E-state index contributed by atoms with van der Waals surface area (Å²) in [6.45, 7) is 3.42. The summed E-state index contributed by atoms with van der Waals surface area (Å²) in [4.78, 5) is 1.50. The molecule has 2 N–H and O–H groups in total. The highest BCUT2D eigenvalue weighted by Gasteiger charge is 2.30. The standard InChI is InChI=1S/C13H10F5NS/c1-4-3-6(5(2)20-4)13(19)7-8(14)10(16)12(18)11(17)9(7)15/h3,13H,19H2,1-2H3. The van der Waals surface area contributed by atoms with Gasteiger partial charge in [0.1, 0.15) is 0 Å². The van der Waals surface area contributed by atoms with Crippen LogP contribution in [-0.2, 0) is 0 Å². The average molecular weight is 307 g/mol. The molecule has 1 heterocycles. The van der Waals surface area contributed by atoms with Crippen LogP contribution < -0.4 is 5.73 Å². The highest BCUT2D eigenvalue weighted by Crippen LogP contribution is 2.34. The van der Waals surface area contributed by atoms with Gasteiger partial charge < -0.3 is 5.73 Å². The van der Waals surface area contributed by atoms with Crippen LogP contribution in [0.3, 0.4) is 0 Å². The third-order valence-corrected chi connectivity index (χ3v) is 3.95. The fraction of sp³-hybridized carbons (Fsp3) is 0.231. The number of nitrogens with two attached hydrogens (primary N) is 1. The molecule has 0 saturated heterocycles. The molecular weight excluding hydrogens is 297 g/mol. The number of thiophene rings is 1. The van der Waals surface area contributed by atoms with Gasteiger partial charge in [-0.2, -0.15) is 0 Å². The molecular formula is C13H10F5NS. The Morgan fingerprint density at radius 2 is 1.35 bits per heavy atom. The minimum absolute atomic E-state index is 0.343. The molecule has 0 bridgehead atoms. The van der Waals surface area contributed by atoms with E-state index >= 15 is 0 Å². The van der Waals surface area contributed by atoms with Gasteiger partial charge in [-0.25, -0.2) is 22.0 Å². The van der Waals surface area contributed by atoms with E-state index < -0.39 is 40.7 Å². The highest BCUT2D eigenvalue weighted by molar-refractivity contribution is 7.12. The molecule has 0 amide bonds. The lowest BCUT2D eigenvalue weighted by Gasteiger charge is -2.15. The smallest absolute Gasteiger partial charge is 0.200 e. The van der Waals surface area contributed by atoms with Crippen LogP contribution in [-0.4, -0.2) is 0 Å². The van der Waals surface area contributed by atoms with Gasteiger partial charge in [0, 0.05) is 9.75 Å². The van der Waals surface area contributed by atoms with Gasteiger partial charge in [0.15, 0.2) is 23.3 Å². The first-order chi connectivity index (χ1) is 9.25. The monoisotopic (exact) mass is 307 g/mol. The van der Waals surface area contributed by atoms with Gasteiger partial charge in [-0.05, 0) is 25.5 Å². The summed E-state index contributed by atoms with van der Waals surface area (Å²) >= 11 is 1.33. The Kier molecular flexibility index (Phi) is 3.84. The number of aryl methyl sites for hydroxylation is 2. The minimum atomic E-state index is -2.19. The molecule has 1 atom stereocenters. The molecule has 108 valence electrons. The van der Waals surface area contributed by atoms with Crippen molar-refractivity contribution in [3.63, 3.8) is 0 Å². The summed E-state index contributed by atoms with van der Waals surface area (Å²) in [5.74, 6) is -9.94. The molecule has 7 heteroatoms. The summed E-state index contributed by atoms with van der Waals surface area (Å²) < 4.78 is 66.7. The van der Waals surface area contributed by atoms with Crippen molar-refractivity contribution in [3.8, 4) is 0 Å². The van der Waals surface area contributed by atoms with Crippen LogP contribution in [0.1, 0.15) is 26.9 Å². The van der Waals surface area contributed by atoms with E-state index in [-0.39, 0.29) is 0 Å². The first-order valence-electron chi connectivity index (χ1n) is 5.59. The van der Waals surface area contributed by atoms with E-state index in [4.69, 9.17) is 5.73 Å². The fourth-order valence-corrected chi connectivity index (χ4v) is 2.98. The van der Waals surface area contributed by atoms with Crippen LogP contribution in [0.4, 0.5) is 22.0 Å². The zero-order chi connectivity index (χ0) is 15.2. The molecule has 1 aromatic carbocycles. The maximum Gasteiger partial charge on any atom is 0.200 e. The van der Waals surface area contributed by atoms with Crippen molar-refractivity contribution in [2.24, 2.45) is 5.73 Å². The van der Waals surface area contributed by atoms with Gasteiger partial charge in [-0.1, -0.05) is 0 Å². The molecule has 0 spiro atoms. The topological polar surface area (TPSA) is 26.0 Å². The third-order valence-electron chi connectivity index (χ3n) is 2.97. The lowest BCUT2D eigenvalue weighted by Crippen LogP contribution is -2.19. The summed E-state index contributed by atoms with van der Waals surface area (Å²) in [6, 6.07) is 0.160. The van der Waals surface area contributed by atoms with Crippen LogP contribution in [0, 0.1) is 42.9 Å². The van der Waals surface area contributed by atoms with Crippen molar-refractivity contribution in [1.82, 2.24) is 0 Å². The van der Waals surface area contributed by atoms with E-state index in [0.29, 0.717) is 10.4 Å². The second-order valence-electron chi connectivity index (χ2n) is 4.33. The molecule has 0 fully saturated rings. The summed E-state index contributed by atoms with van der Waals surface area (Å²) in [6.07, 6.45) is 0. The van der Waals surface area contributed by atoms with Crippen LogP contribution in [0.15, 0.2) is 6.07 Å². The van der Waals surface area contributed by atoms with Crippen LogP contribution >= 0.6 is 11.3 Å². The normalized spacial score (nSPS) is 12.8. The second-order valence-corrected chi connectivity index (χ2v) is 5.79. The Labute approximate surface area is 115 Å². The van der Waals surface area contributed by atoms with E-state index in [1.165, 1.54) is 11.3 Å². The predicted molar refractivity (Wildman–Crippen MR) is 66.1 cm³/mol. The van der Waals surface area contributed by atoms with Gasteiger partial charge in [0.05, 0.1) is 11.6 Å².